The largest absolute Gasteiger partial charge is 0.309 e. The second-order valence-electron chi connectivity index (χ2n) is 14.0. The fourth-order valence-corrected chi connectivity index (χ4v) is 9.28. The first-order valence-electron chi connectivity index (χ1n) is 18.0. The monoisotopic (exact) mass is 658 g/mol. The Labute approximate surface area is 300 Å². The molecule has 0 spiro atoms. The Balaban J connectivity index is 1.22. The molecule has 11 aromatic rings. The van der Waals surface area contributed by atoms with Crippen molar-refractivity contribution in [1.29, 1.82) is 0 Å². The van der Waals surface area contributed by atoms with E-state index in [2.05, 4.69) is 191 Å². The van der Waals surface area contributed by atoms with Crippen LogP contribution in [-0.4, -0.2) is 9.13 Å². The number of aromatic nitrogens is 2. The molecule has 52 heavy (non-hydrogen) atoms. The van der Waals surface area contributed by atoms with Crippen LogP contribution >= 0.6 is 0 Å². The minimum atomic E-state index is 1.15. The summed E-state index contributed by atoms with van der Waals surface area (Å²) < 4.78 is 5.02. The normalized spacial score (nSPS) is 12.2. The third-order valence-corrected chi connectivity index (χ3v) is 11.5. The van der Waals surface area contributed by atoms with Crippen LogP contribution in [0.1, 0.15) is 0 Å². The highest BCUT2D eigenvalue weighted by Crippen LogP contribution is 2.50. The summed E-state index contributed by atoms with van der Waals surface area (Å²) >= 11 is 0. The molecule has 12 rings (SSSR count). The van der Waals surface area contributed by atoms with Crippen LogP contribution in [0.2, 0.25) is 0 Å². The first kappa shape index (κ1) is 27.9. The average molecular weight is 659 g/mol. The highest BCUT2D eigenvalue weighted by Gasteiger charge is 2.25. The van der Waals surface area contributed by atoms with Crippen molar-refractivity contribution in [2.75, 3.05) is 0 Å². The molecule has 1 aliphatic carbocycles. The topological polar surface area (TPSA) is 9.86 Å². The lowest BCUT2D eigenvalue weighted by Crippen LogP contribution is -1.96. The molecule has 0 radical (unpaired) electrons. The van der Waals surface area contributed by atoms with Gasteiger partial charge in [0, 0.05) is 32.6 Å². The predicted octanol–water partition coefficient (Wildman–Crippen LogP) is 13.5. The number of hydrogen-bond donors (Lipinski definition) is 0. The summed E-state index contributed by atoms with van der Waals surface area (Å²) in [5.74, 6) is 0. The number of hydrogen-bond acceptors (Lipinski definition) is 0. The summed E-state index contributed by atoms with van der Waals surface area (Å²) in [6.45, 7) is 0. The van der Waals surface area contributed by atoms with Gasteiger partial charge in [0.05, 0.1) is 27.8 Å². The Morgan fingerprint density at radius 1 is 0.288 bits per heavy atom. The van der Waals surface area contributed by atoms with Gasteiger partial charge in [0.1, 0.15) is 0 Å². The Hall–Kier alpha value is -6.90. The molecule has 0 atom stereocenters. The van der Waals surface area contributed by atoms with Crippen LogP contribution in [0.5, 0.6) is 0 Å². The van der Waals surface area contributed by atoms with Crippen LogP contribution in [-0.2, 0) is 0 Å². The number of nitrogens with zero attached hydrogens (tertiary/aromatic N) is 2. The molecule has 0 saturated heterocycles. The Morgan fingerprint density at radius 3 is 1.77 bits per heavy atom. The smallest absolute Gasteiger partial charge is 0.0641 e. The summed E-state index contributed by atoms with van der Waals surface area (Å²) in [5, 5.41) is 10.2. The summed E-state index contributed by atoms with van der Waals surface area (Å²) in [7, 11) is 0. The molecule has 0 unspecified atom stereocenters. The van der Waals surface area contributed by atoms with Gasteiger partial charge in [-0.3, -0.25) is 0 Å². The first-order chi connectivity index (χ1) is 25.8. The van der Waals surface area contributed by atoms with Crippen LogP contribution in [0.15, 0.2) is 182 Å². The lowest BCUT2D eigenvalue weighted by Gasteiger charge is -2.14. The van der Waals surface area contributed by atoms with Crippen molar-refractivity contribution in [3.63, 3.8) is 0 Å². The summed E-state index contributed by atoms with van der Waals surface area (Å²) in [5.41, 5.74) is 14.9. The Morgan fingerprint density at radius 2 is 0.923 bits per heavy atom. The Kier molecular flexibility index (Phi) is 5.53. The molecule has 0 fully saturated rings. The molecule has 0 bridgehead atoms. The number of rotatable bonds is 3. The molecule has 2 heteroatoms. The predicted molar refractivity (Wildman–Crippen MR) is 220 cm³/mol. The van der Waals surface area contributed by atoms with Gasteiger partial charge in [0.2, 0.25) is 0 Å². The summed E-state index contributed by atoms with van der Waals surface area (Å²) in [4.78, 5) is 0. The van der Waals surface area contributed by atoms with E-state index in [-0.39, 0.29) is 0 Å². The third-order valence-electron chi connectivity index (χ3n) is 11.5. The van der Waals surface area contributed by atoms with E-state index >= 15 is 0 Å². The van der Waals surface area contributed by atoms with E-state index in [1.807, 2.05) is 0 Å². The van der Waals surface area contributed by atoms with Crippen molar-refractivity contribution in [1.82, 2.24) is 9.13 Å². The molecule has 2 heterocycles. The van der Waals surface area contributed by atoms with Gasteiger partial charge in [-0.15, -0.1) is 0 Å². The second-order valence-corrected chi connectivity index (χ2v) is 14.0. The first-order valence-corrected chi connectivity index (χ1v) is 18.0. The van der Waals surface area contributed by atoms with Gasteiger partial charge >= 0.3 is 0 Å². The molecular weight excluding hydrogens is 629 g/mol. The quantitative estimate of drug-likeness (QED) is 0.179. The van der Waals surface area contributed by atoms with Gasteiger partial charge in [-0.05, 0) is 85.9 Å². The van der Waals surface area contributed by atoms with Crippen LogP contribution in [0.25, 0.3) is 110 Å². The van der Waals surface area contributed by atoms with E-state index in [1.54, 1.807) is 0 Å². The minimum Gasteiger partial charge on any atom is -0.309 e. The number of benzene rings is 9. The fourth-order valence-electron chi connectivity index (χ4n) is 9.28. The number of fused-ring (bicyclic) bond motifs is 12. The Bertz CT molecular complexity index is 3240. The maximum Gasteiger partial charge on any atom is 0.0641 e. The van der Waals surface area contributed by atoms with E-state index in [0.29, 0.717) is 0 Å². The van der Waals surface area contributed by atoms with Crippen LogP contribution in [0, 0.1) is 0 Å². The van der Waals surface area contributed by atoms with Gasteiger partial charge in [0.15, 0.2) is 0 Å². The van der Waals surface area contributed by atoms with Crippen molar-refractivity contribution >= 4 is 65.2 Å². The van der Waals surface area contributed by atoms with Crippen molar-refractivity contribution in [2.24, 2.45) is 0 Å². The van der Waals surface area contributed by atoms with Crippen molar-refractivity contribution in [2.45, 2.75) is 0 Å². The van der Waals surface area contributed by atoms with E-state index < -0.39 is 0 Å². The molecule has 1 aliphatic rings. The zero-order valence-corrected chi connectivity index (χ0v) is 28.2. The van der Waals surface area contributed by atoms with Crippen LogP contribution in [0.3, 0.4) is 0 Å². The SMILES string of the molecule is c1ccc(-c2ccc(-n3c4ccc5ccccc5c4c4ccc5c(c6ccccc6n5-c5ccc6c7c(cccc57)-c5ccccc5-6)c43)cc2)cc1. The van der Waals surface area contributed by atoms with Crippen molar-refractivity contribution in [3.8, 4) is 44.8 Å². The van der Waals surface area contributed by atoms with Crippen LogP contribution < -0.4 is 0 Å². The van der Waals surface area contributed by atoms with Gasteiger partial charge in [-0.25, -0.2) is 0 Å². The third kappa shape index (κ3) is 3.63. The maximum absolute atomic E-state index is 2.51. The highest BCUT2D eigenvalue weighted by atomic mass is 15.0. The zero-order chi connectivity index (χ0) is 33.9. The van der Waals surface area contributed by atoms with E-state index in [4.69, 9.17) is 0 Å². The second kappa shape index (κ2) is 10.3. The van der Waals surface area contributed by atoms with Crippen molar-refractivity contribution < 1.29 is 0 Å². The minimum absolute atomic E-state index is 1.15. The van der Waals surface area contributed by atoms with Gasteiger partial charge in [-0.2, -0.15) is 0 Å². The van der Waals surface area contributed by atoms with Crippen molar-refractivity contribution in [3.05, 3.63) is 182 Å². The molecule has 0 saturated carbocycles. The molecule has 0 amide bonds. The highest BCUT2D eigenvalue weighted by molar-refractivity contribution is 6.30. The zero-order valence-electron chi connectivity index (χ0n) is 28.2. The number of para-hydroxylation sites is 1. The lowest BCUT2D eigenvalue weighted by molar-refractivity contribution is 1.18. The standard InChI is InChI=1S/C50H30N2/c1-2-11-31(12-3-1)32-21-24-34(25-22-32)51-45-28-23-33-13-4-5-14-35(33)48(45)42-27-30-46-49(50(42)51)41-17-8-9-20-43(41)52(46)44-29-26-39-37-16-7-6-15-36(37)38-18-10-19-40(44)47(38)39/h1-30H. The van der Waals surface area contributed by atoms with E-state index in [0.717, 1.165) is 5.69 Å². The summed E-state index contributed by atoms with van der Waals surface area (Å²) in [6, 6.07) is 67.1. The molecule has 9 aromatic carbocycles. The summed E-state index contributed by atoms with van der Waals surface area (Å²) in [6.07, 6.45) is 0. The molecule has 0 aliphatic heterocycles. The maximum atomic E-state index is 2.51. The molecule has 2 nitrogen and oxygen atoms in total. The van der Waals surface area contributed by atoms with E-state index in [1.165, 1.54) is 104 Å². The van der Waals surface area contributed by atoms with Gasteiger partial charge < -0.3 is 9.13 Å². The van der Waals surface area contributed by atoms with Gasteiger partial charge in [-0.1, -0.05) is 146 Å². The lowest BCUT2D eigenvalue weighted by atomic mass is 10.0. The average Bonchev–Trinajstić information content (AvgIpc) is 3.85. The molecule has 2 aromatic heterocycles. The molecular formula is C50H30N2. The van der Waals surface area contributed by atoms with Crippen LogP contribution in [0.4, 0.5) is 0 Å². The van der Waals surface area contributed by atoms with E-state index in [9.17, 15) is 0 Å². The fraction of sp³-hybridized carbons (Fsp3) is 0. The molecule has 240 valence electrons. The molecule has 0 N–H and O–H groups in total. The van der Waals surface area contributed by atoms with Gasteiger partial charge in [0.25, 0.3) is 0 Å².